The second-order valence-electron chi connectivity index (χ2n) is 7.36. The number of ketones is 1. The number of rotatable bonds is 7. The molecule has 128 valence electrons. The van der Waals surface area contributed by atoms with Crippen LogP contribution >= 0.6 is 0 Å². The van der Waals surface area contributed by atoms with Gasteiger partial charge in [-0.2, -0.15) is 0 Å². The number of hydrogen-bond donors (Lipinski definition) is 0. The molecular formula is C22H28O2. The highest BCUT2D eigenvalue weighted by molar-refractivity contribution is 5.89. The van der Waals surface area contributed by atoms with E-state index in [-0.39, 0.29) is 0 Å². The molecule has 0 aliphatic rings. The fourth-order valence-corrected chi connectivity index (χ4v) is 2.87. The van der Waals surface area contributed by atoms with Crippen LogP contribution in [0.15, 0.2) is 48.5 Å². The monoisotopic (exact) mass is 324 g/mol. The van der Waals surface area contributed by atoms with E-state index in [0.29, 0.717) is 24.7 Å². The molecular weight excluding hydrogens is 296 g/mol. The molecule has 0 heterocycles. The molecule has 2 rings (SSSR count). The largest absolute Gasteiger partial charge is 0.380 e. The summed E-state index contributed by atoms with van der Waals surface area (Å²) in [7, 11) is 1.71. The van der Waals surface area contributed by atoms with Gasteiger partial charge in [-0.15, -0.1) is 0 Å². The standard InChI is InChI=1S/C22H28O2/c1-16(2)13-21(23)22(3,4)20-11-9-18(10-12-20)19-8-6-7-17(14-19)15-24-5/h6-12,14,16H,13,15H2,1-5H3. The lowest BCUT2D eigenvalue weighted by Gasteiger charge is -2.25. The zero-order valence-electron chi connectivity index (χ0n) is 15.4. The van der Waals surface area contributed by atoms with E-state index < -0.39 is 5.41 Å². The summed E-state index contributed by atoms with van der Waals surface area (Å²) in [5.41, 5.74) is 4.11. The quantitative estimate of drug-likeness (QED) is 0.682. The Morgan fingerprint density at radius 3 is 2.29 bits per heavy atom. The van der Waals surface area contributed by atoms with E-state index >= 15 is 0 Å². The van der Waals surface area contributed by atoms with Gasteiger partial charge in [0.05, 0.1) is 6.61 Å². The molecule has 0 aliphatic heterocycles. The fraction of sp³-hybridized carbons (Fsp3) is 0.409. The number of ether oxygens (including phenoxy) is 1. The maximum Gasteiger partial charge on any atom is 0.143 e. The van der Waals surface area contributed by atoms with E-state index in [4.69, 9.17) is 4.74 Å². The molecule has 0 amide bonds. The molecule has 0 aromatic heterocycles. The van der Waals surface area contributed by atoms with Crippen LogP contribution in [0.3, 0.4) is 0 Å². The Labute approximate surface area is 145 Å². The number of methoxy groups -OCH3 is 1. The summed E-state index contributed by atoms with van der Waals surface area (Å²) < 4.78 is 5.20. The Kier molecular flexibility index (Phi) is 5.95. The molecule has 2 aromatic carbocycles. The zero-order chi connectivity index (χ0) is 17.7. The van der Waals surface area contributed by atoms with E-state index in [1.807, 2.05) is 19.9 Å². The van der Waals surface area contributed by atoms with E-state index in [1.54, 1.807) is 7.11 Å². The number of benzene rings is 2. The summed E-state index contributed by atoms with van der Waals surface area (Å²) >= 11 is 0. The first kappa shape index (κ1) is 18.4. The minimum Gasteiger partial charge on any atom is -0.380 e. The molecule has 0 bridgehead atoms. The van der Waals surface area contributed by atoms with Gasteiger partial charge in [0.25, 0.3) is 0 Å². The van der Waals surface area contributed by atoms with Crippen LogP contribution in [0.25, 0.3) is 11.1 Å². The van der Waals surface area contributed by atoms with Crippen molar-refractivity contribution in [2.24, 2.45) is 5.92 Å². The molecule has 2 nitrogen and oxygen atoms in total. The zero-order valence-corrected chi connectivity index (χ0v) is 15.4. The van der Waals surface area contributed by atoms with E-state index in [2.05, 4.69) is 56.3 Å². The van der Waals surface area contributed by atoms with Crippen LogP contribution in [0.2, 0.25) is 0 Å². The first-order valence-corrected chi connectivity index (χ1v) is 8.56. The van der Waals surface area contributed by atoms with Gasteiger partial charge in [-0.25, -0.2) is 0 Å². The Balaban J connectivity index is 2.24. The Hall–Kier alpha value is -1.93. The van der Waals surface area contributed by atoms with Gasteiger partial charge >= 0.3 is 0 Å². The van der Waals surface area contributed by atoms with Crippen LogP contribution in [0, 0.1) is 5.92 Å². The normalized spacial score (nSPS) is 11.8. The SMILES string of the molecule is COCc1cccc(-c2ccc(C(C)(C)C(=O)CC(C)C)cc2)c1. The lowest BCUT2D eigenvalue weighted by Crippen LogP contribution is -2.29. The van der Waals surface area contributed by atoms with Crippen LogP contribution in [-0.2, 0) is 21.6 Å². The van der Waals surface area contributed by atoms with Gasteiger partial charge in [0, 0.05) is 18.9 Å². The van der Waals surface area contributed by atoms with Crippen molar-refractivity contribution < 1.29 is 9.53 Å². The van der Waals surface area contributed by atoms with Crippen LogP contribution in [0.5, 0.6) is 0 Å². The first-order valence-electron chi connectivity index (χ1n) is 8.56. The summed E-state index contributed by atoms with van der Waals surface area (Å²) in [5.74, 6) is 0.687. The average Bonchev–Trinajstić information content (AvgIpc) is 2.55. The topological polar surface area (TPSA) is 26.3 Å². The summed E-state index contributed by atoms with van der Waals surface area (Å²) in [6.45, 7) is 8.83. The molecule has 0 radical (unpaired) electrons. The number of hydrogen-bond acceptors (Lipinski definition) is 2. The van der Waals surface area contributed by atoms with Crippen molar-refractivity contribution in [2.75, 3.05) is 7.11 Å². The Morgan fingerprint density at radius 2 is 1.71 bits per heavy atom. The highest BCUT2D eigenvalue weighted by Gasteiger charge is 2.29. The van der Waals surface area contributed by atoms with Gasteiger partial charge in [0.1, 0.15) is 5.78 Å². The van der Waals surface area contributed by atoms with Crippen LogP contribution in [-0.4, -0.2) is 12.9 Å². The second-order valence-corrected chi connectivity index (χ2v) is 7.36. The minimum absolute atomic E-state index is 0.298. The summed E-state index contributed by atoms with van der Waals surface area (Å²) in [5, 5.41) is 0. The molecule has 0 unspecified atom stereocenters. The predicted octanol–water partition coefficient (Wildman–Crippen LogP) is 5.39. The number of carbonyl (C=O) groups is 1. The Bertz CT molecular complexity index is 681. The molecule has 0 aliphatic carbocycles. The van der Waals surface area contributed by atoms with Crippen LogP contribution < -0.4 is 0 Å². The van der Waals surface area contributed by atoms with Crippen molar-refractivity contribution in [1.82, 2.24) is 0 Å². The van der Waals surface area contributed by atoms with Crippen LogP contribution in [0.4, 0.5) is 0 Å². The molecule has 0 fully saturated rings. The van der Waals surface area contributed by atoms with Gasteiger partial charge in [0.15, 0.2) is 0 Å². The van der Waals surface area contributed by atoms with Crippen molar-refractivity contribution in [3.63, 3.8) is 0 Å². The van der Waals surface area contributed by atoms with Crippen molar-refractivity contribution in [2.45, 2.75) is 46.1 Å². The lowest BCUT2D eigenvalue weighted by molar-refractivity contribution is -0.124. The maximum atomic E-state index is 12.5. The molecule has 0 spiro atoms. The van der Waals surface area contributed by atoms with Crippen molar-refractivity contribution in [1.29, 1.82) is 0 Å². The van der Waals surface area contributed by atoms with Crippen molar-refractivity contribution in [3.05, 3.63) is 59.7 Å². The highest BCUT2D eigenvalue weighted by atomic mass is 16.5. The average molecular weight is 324 g/mol. The second kappa shape index (κ2) is 7.76. The fourth-order valence-electron chi connectivity index (χ4n) is 2.87. The summed E-state index contributed by atoms with van der Waals surface area (Å²) in [6.07, 6.45) is 0.619. The Morgan fingerprint density at radius 1 is 1.04 bits per heavy atom. The van der Waals surface area contributed by atoms with E-state index in [1.165, 1.54) is 5.56 Å². The predicted molar refractivity (Wildman–Crippen MR) is 100 cm³/mol. The van der Waals surface area contributed by atoms with Crippen LogP contribution in [0.1, 0.15) is 45.2 Å². The molecule has 0 saturated carbocycles. The lowest BCUT2D eigenvalue weighted by atomic mass is 9.77. The third kappa shape index (κ3) is 4.33. The molecule has 0 atom stereocenters. The van der Waals surface area contributed by atoms with Gasteiger partial charge in [-0.3, -0.25) is 4.79 Å². The molecule has 0 saturated heterocycles. The number of Topliss-reactive ketones (excluding diaryl/α,β-unsaturated/α-hetero) is 1. The summed E-state index contributed by atoms with van der Waals surface area (Å²) in [4.78, 5) is 12.5. The molecule has 2 aromatic rings. The maximum absolute atomic E-state index is 12.5. The smallest absolute Gasteiger partial charge is 0.143 e. The third-order valence-electron chi connectivity index (χ3n) is 4.47. The summed E-state index contributed by atoms with van der Waals surface area (Å²) in [6, 6.07) is 16.7. The van der Waals surface area contributed by atoms with Gasteiger partial charge in [0.2, 0.25) is 0 Å². The van der Waals surface area contributed by atoms with Crippen molar-refractivity contribution >= 4 is 5.78 Å². The van der Waals surface area contributed by atoms with Crippen molar-refractivity contribution in [3.8, 4) is 11.1 Å². The van der Waals surface area contributed by atoms with Gasteiger partial charge in [-0.05, 0) is 48.1 Å². The van der Waals surface area contributed by atoms with Gasteiger partial charge < -0.3 is 4.74 Å². The van der Waals surface area contributed by atoms with E-state index in [0.717, 1.165) is 16.7 Å². The first-order chi connectivity index (χ1) is 11.3. The molecule has 0 N–H and O–H groups in total. The number of carbonyl (C=O) groups excluding carboxylic acids is 1. The molecule has 2 heteroatoms. The highest BCUT2D eigenvalue weighted by Crippen LogP contribution is 2.29. The van der Waals surface area contributed by atoms with E-state index in [9.17, 15) is 4.79 Å². The van der Waals surface area contributed by atoms with Gasteiger partial charge in [-0.1, -0.05) is 56.3 Å². The third-order valence-corrected chi connectivity index (χ3v) is 4.47. The minimum atomic E-state index is -0.444. The molecule has 24 heavy (non-hydrogen) atoms.